The summed E-state index contributed by atoms with van der Waals surface area (Å²) in [5.41, 5.74) is 1.20. The summed E-state index contributed by atoms with van der Waals surface area (Å²) in [5, 5.41) is 3.33. The molecule has 0 saturated heterocycles. The standard InChI is InChI=1S/C21H21Cl2NO4/c1-27-19-17(11-14(22)12-18(19)23)20(25)24-15-9-7-13(8-10-15)21(26)28-16-5-3-2-4-6-16/h7-12,16H,2-6H2,1H3,(H,24,25). The highest BCUT2D eigenvalue weighted by molar-refractivity contribution is 6.36. The number of rotatable bonds is 5. The number of amides is 1. The van der Waals surface area contributed by atoms with Gasteiger partial charge >= 0.3 is 5.97 Å². The van der Waals surface area contributed by atoms with Gasteiger partial charge in [-0.05, 0) is 62.1 Å². The van der Waals surface area contributed by atoms with Crippen LogP contribution >= 0.6 is 23.2 Å². The fourth-order valence-corrected chi connectivity index (χ4v) is 3.80. The minimum Gasteiger partial charge on any atom is -0.494 e. The molecule has 0 atom stereocenters. The highest BCUT2D eigenvalue weighted by Crippen LogP contribution is 2.32. The Labute approximate surface area is 173 Å². The first kappa shape index (κ1) is 20.5. The van der Waals surface area contributed by atoms with Crippen molar-refractivity contribution in [3.63, 3.8) is 0 Å². The smallest absolute Gasteiger partial charge is 0.338 e. The van der Waals surface area contributed by atoms with Crippen LogP contribution in [0.25, 0.3) is 0 Å². The average Bonchev–Trinajstić information content (AvgIpc) is 2.68. The molecule has 1 aliphatic rings. The summed E-state index contributed by atoms with van der Waals surface area (Å²) in [7, 11) is 1.43. The van der Waals surface area contributed by atoms with Crippen LogP contribution in [0.3, 0.4) is 0 Å². The van der Waals surface area contributed by atoms with Gasteiger partial charge in [0.15, 0.2) is 0 Å². The van der Waals surface area contributed by atoms with Gasteiger partial charge in [-0.1, -0.05) is 29.6 Å². The Morgan fingerprint density at radius 2 is 1.71 bits per heavy atom. The van der Waals surface area contributed by atoms with E-state index in [2.05, 4.69) is 5.32 Å². The summed E-state index contributed by atoms with van der Waals surface area (Å²) in [4.78, 5) is 24.9. The molecule has 0 spiro atoms. The fraction of sp³-hybridized carbons (Fsp3) is 0.333. The quantitative estimate of drug-likeness (QED) is 0.624. The molecule has 0 unspecified atom stereocenters. The number of methoxy groups -OCH3 is 1. The molecule has 28 heavy (non-hydrogen) atoms. The van der Waals surface area contributed by atoms with Crippen molar-refractivity contribution in [2.45, 2.75) is 38.2 Å². The maximum absolute atomic E-state index is 12.6. The molecule has 2 aromatic rings. The maximum Gasteiger partial charge on any atom is 0.338 e. The lowest BCUT2D eigenvalue weighted by atomic mass is 9.98. The van der Waals surface area contributed by atoms with E-state index in [1.807, 2.05) is 0 Å². The van der Waals surface area contributed by atoms with Gasteiger partial charge in [0.1, 0.15) is 11.9 Å². The average molecular weight is 422 g/mol. The summed E-state index contributed by atoms with van der Waals surface area (Å²) < 4.78 is 10.8. The minimum absolute atomic E-state index is 0.000622. The second-order valence-electron chi connectivity index (χ2n) is 6.67. The van der Waals surface area contributed by atoms with Gasteiger partial charge in [0.25, 0.3) is 5.91 Å². The molecule has 0 radical (unpaired) electrons. The van der Waals surface area contributed by atoms with Crippen molar-refractivity contribution in [1.29, 1.82) is 0 Å². The SMILES string of the molecule is COc1c(Cl)cc(Cl)cc1C(=O)Nc1ccc(C(=O)OC2CCCCC2)cc1. The number of ether oxygens (including phenoxy) is 2. The Bertz CT molecular complexity index is 861. The van der Waals surface area contributed by atoms with Crippen LogP contribution in [0.2, 0.25) is 10.0 Å². The Balaban J connectivity index is 1.67. The molecule has 1 aliphatic carbocycles. The first-order chi connectivity index (χ1) is 13.5. The Hall–Kier alpha value is -2.24. The Morgan fingerprint density at radius 3 is 2.36 bits per heavy atom. The second kappa shape index (κ2) is 9.30. The van der Waals surface area contributed by atoms with Gasteiger partial charge in [-0.2, -0.15) is 0 Å². The summed E-state index contributed by atoms with van der Waals surface area (Å²) in [6.07, 6.45) is 5.24. The zero-order valence-electron chi connectivity index (χ0n) is 15.5. The molecule has 148 valence electrons. The third-order valence-corrected chi connectivity index (χ3v) is 5.16. The maximum atomic E-state index is 12.6. The van der Waals surface area contributed by atoms with Crippen LogP contribution in [-0.4, -0.2) is 25.1 Å². The monoisotopic (exact) mass is 421 g/mol. The van der Waals surface area contributed by atoms with E-state index in [0.29, 0.717) is 16.3 Å². The van der Waals surface area contributed by atoms with Crippen LogP contribution in [-0.2, 0) is 4.74 Å². The van der Waals surface area contributed by atoms with Gasteiger partial charge in [-0.15, -0.1) is 0 Å². The van der Waals surface area contributed by atoms with Crippen molar-refractivity contribution in [1.82, 2.24) is 0 Å². The molecular formula is C21H21Cl2NO4. The summed E-state index contributed by atoms with van der Waals surface area (Å²) in [6.45, 7) is 0. The van der Waals surface area contributed by atoms with Crippen LogP contribution in [0, 0.1) is 0 Å². The first-order valence-corrected chi connectivity index (χ1v) is 9.89. The molecule has 0 heterocycles. The van der Waals surface area contributed by atoms with Gasteiger partial charge in [0.05, 0.1) is 23.3 Å². The Morgan fingerprint density at radius 1 is 1.04 bits per heavy atom. The van der Waals surface area contributed by atoms with Crippen molar-refractivity contribution in [3.8, 4) is 5.75 Å². The van der Waals surface area contributed by atoms with Gasteiger partial charge in [0, 0.05) is 10.7 Å². The van der Waals surface area contributed by atoms with Crippen LogP contribution in [0.1, 0.15) is 52.8 Å². The lowest BCUT2D eigenvalue weighted by Gasteiger charge is -2.21. The molecular weight excluding hydrogens is 401 g/mol. The lowest BCUT2D eigenvalue weighted by Crippen LogP contribution is -2.21. The van der Waals surface area contributed by atoms with E-state index in [1.165, 1.54) is 25.7 Å². The molecule has 1 amide bonds. The van der Waals surface area contributed by atoms with Gasteiger partial charge in [-0.3, -0.25) is 4.79 Å². The third kappa shape index (κ3) is 4.97. The normalized spacial score (nSPS) is 14.4. The predicted molar refractivity (Wildman–Crippen MR) is 110 cm³/mol. The van der Waals surface area contributed by atoms with Crippen molar-refractivity contribution in [2.24, 2.45) is 0 Å². The number of carbonyl (C=O) groups is 2. The molecule has 3 rings (SSSR count). The largest absolute Gasteiger partial charge is 0.494 e. The van der Waals surface area contributed by atoms with Crippen LogP contribution in [0.5, 0.6) is 5.75 Å². The molecule has 1 saturated carbocycles. The number of hydrogen-bond acceptors (Lipinski definition) is 4. The molecule has 5 nitrogen and oxygen atoms in total. The van der Waals surface area contributed by atoms with E-state index in [1.54, 1.807) is 24.3 Å². The van der Waals surface area contributed by atoms with Crippen LogP contribution < -0.4 is 10.1 Å². The molecule has 0 aliphatic heterocycles. The first-order valence-electron chi connectivity index (χ1n) is 9.13. The minimum atomic E-state index is -0.418. The predicted octanol–water partition coefficient (Wildman–Crippen LogP) is 5.74. The van der Waals surface area contributed by atoms with Crippen molar-refractivity contribution in [2.75, 3.05) is 12.4 Å². The molecule has 7 heteroatoms. The lowest BCUT2D eigenvalue weighted by molar-refractivity contribution is 0.0211. The van der Waals surface area contributed by atoms with Crippen molar-refractivity contribution < 1.29 is 19.1 Å². The molecule has 2 aromatic carbocycles. The van der Waals surface area contributed by atoms with Crippen LogP contribution in [0.4, 0.5) is 5.69 Å². The van der Waals surface area contributed by atoms with Crippen molar-refractivity contribution in [3.05, 3.63) is 57.6 Å². The molecule has 0 bridgehead atoms. The van der Waals surface area contributed by atoms with E-state index >= 15 is 0 Å². The highest BCUT2D eigenvalue weighted by Gasteiger charge is 2.20. The van der Waals surface area contributed by atoms with E-state index in [-0.39, 0.29) is 28.4 Å². The number of carbonyl (C=O) groups excluding carboxylic acids is 2. The summed E-state index contributed by atoms with van der Waals surface area (Å²) in [5.74, 6) is -0.511. The fourth-order valence-electron chi connectivity index (χ4n) is 3.23. The van der Waals surface area contributed by atoms with Gasteiger partial charge < -0.3 is 14.8 Å². The zero-order valence-corrected chi connectivity index (χ0v) is 17.0. The number of nitrogens with one attached hydrogen (secondary N) is 1. The highest BCUT2D eigenvalue weighted by atomic mass is 35.5. The molecule has 1 N–H and O–H groups in total. The third-order valence-electron chi connectivity index (χ3n) is 4.66. The Kier molecular flexibility index (Phi) is 6.81. The molecule has 1 fully saturated rings. The van der Waals surface area contributed by atoms with E-state index < -0.39 is 5.91 Å². The van der Waals surface area contributed by atoms with E-state index in [0.717, 1.165) is 25.7 Å². The van der Waals surface area contributed by atoms with E-state index in [4.69, 9.17) is 32.7 Å². The summed E-state index contributed by atoms with van der Waals surface area (Å²) in [6, 6.07) is 9.54. The van der Waals surface area contributed by atoms with Gasteiger partial charge in [-0.25, -0.2) is 4.79 Å². The number of hydrogen-bond donors (Lipinski definition) is 1. The number of halogens is 2. The number of esters is 1. The molecule has 0 aromatic heterocycles. The number of anilines is 1. The van der Waals surface area contributed by atoms with Crippen molar-refractivity contribution >= 4 is 40.8 Å². The zero-order chi connectivity index (χ0) is 20.1. The summed E-state index contributed by atoms with van der Waals surface area (Å²) >= 11 is 12.1. The number of benzene rings is 2. The second-order valence-corrected chi connectivity index (χ2v) is 7.51. The van der Waals surface area contributed by atoms with Gasteiger partial charge in [0.2, 0.25) is 0 Å². The van der Waals surface area contributed by atoms with Crippen LogP contribution in [0.15, 0.2) is 36.4 Å². The topological polar surface area (TPSA) is 64.6 Å². The van der Waals surface area contributed by atoms with E-state index in [9.17, 15) is 9.59 Å².